The normalized spacial score (nSPS) is 12.3. The third-order valence-electron chi connectivity index (χ3n) is 2.09. The fourth-order valence-corrected chi connectivity index (χ4v) is 0.811. The highest BCUT2D eigenvalue weighted by Crippen LogP contribution is 1.94. The maximum Gasteiger partial charge on any atom is 0.334 e. The maximum atomic E-state index is 11.4. The smallest absolute Gasteiger partial charge is 0.334 e. The minimum atomic E-state index is -1.09. The summed E-state index contributed by atoms with van der Waals surface area (Å²) in [5.74, 6) is -1.09. The van der Waals surface area contributed by atoms with E-state index in [0.717, 1.165) is 0 Å². The van der Waals surface area contributed by atoms with Gasteiger partial charge < -0.3 is 20.1 Å². The molecule has 0 aliphatic rings. The van der Waals surface area contributed by atoms with Crippen LogP contribution in [0.15, 0.2) is 0 Å². The van der Waals surface area contributed by atoms with Gasteiger partial charge in [0.15, 0.2) is 6.10 Å². The molecule has 2 N–H and O–H groups in total. The first-order chi connectivity index (χ1) is 6.90. The lowest BCUT2D eigenvalue weighted by Gasteiger charge is -2.22. The molecule has 0 aromatic heterocycles. The van der Waals surface area contributed by atoms with E-state index >= 15 is 0 Å². The summed E-state index contributed by atoms with van der Waals surface area (Å²) in [6, 6.07) is -0.246. The van der Waals surface area contributed by atoms with Crippen LogP contribution in [0, 0.1) is 0 Å². The molecule has 0 aromatic rings. The summed E-state index contributed by atoms with van der Waals surface area (Å²) in [6.45, 7) is 3.69. The van der Waals surface area contributed by atoms with Crippen LogP contribution < -0.4 is 5.32 Å². The van der Waals surface area contributed by atoms with Gasteiger partial charge in [0, 0.05) is 20.2 Å². The van der Waals surface area contributed by atoms with Crippen molar-refractivity contribution in [1.82, 2.24) is 10.2 Å². The van der Waals surface area contributed by atoms with Crippen LogP contribution in [-0.2, 0) is 9.53 Å². The van der Waals surface area contributed by atoms with Crippen molar-refractivity contribution in [2.24, 2.45) is 0 Å². The van der Waals surface area contributed by atoms with Gasteiger partial charge in [-0.2, -0.15) is 0 Å². The van der Waals surface area contributed by atoms with E-state index in [-0.39, 0.29) is 18.6 Å². The number of ether oxygens (including phenoxy) is 1. The van der Waals surface area contributed by atoms with Crippen LogP contribution >= 0.6 is 0 Å². The lowest BCUT2D eigenvalue weighted by molar-refractivity contribution is -0.148. The summed E-state index contributed by atoms with van der Waals surface area (Å²) in [7, 11) is 2.93. The molecule has 0 saturated carbocycles. The molecule has 0 aliphatic heterocycles. The first-order valence-corrected chi connectivity index (χ1v) is 4.66. The van der Waals surface area contributed by atoms with Crippen LogP contribution in [0.1, 0.15) is 13.8 Å². The van der Waals surface area contributed by atoms with Gasteiger partial charge in [0.2, 0.25) is 0 Å². The van der Waals surface area contributed by atoms with Gasteiger partial charge in [-0.05, 0) is 13.8 Å². The number of carboxylic acids is 1. The Bertz CT molecular complexity index is 230. The van der Waals surface area contributed by atoms with Gasteiger partial charge in [0.1, 0.15) is 0 Å². The number of carboxylic acid groups (broad SMARTS) is 1. The molecule has 2 amide bonds. The fourth-order valence-electron chi connectivity index (χ4n) is 0.811. The molecule has 1 atom stereocenters. The van der Waals surface area contributed by atoms with E-state index in [1.165, 1.54) is 12.0 Å². The van der Waals surface area contributed by atoms with Crippen LogP contribution in [0.3, 0.4) is 0 Å². The number of aliphatic carboxylic acids is 1. The predicted molar refractivity (Wildman–Crippen MR) is 54.7 cm³/mol. The second-order valence-corrected chi connectivity index (χ2v) is 3.45. The zero-order chi connectivity index (χ0) is 12.0. The Balaban J connectivity index is 4.04. The van der Waals surface area contributed by atoms with Crippen LogP contribution in [0.5, 0.6) is 0 Å². The second kappa shape index (κ2) is 6.23. The summed E-state index contributed by atoms with van der Waals surface area (Å²) in [5, 5.41) is 11.1. The average Bonchev–Trinajstić information content (AvgIpc) is 2.16. The lowest BCUT2D eigenvalue weighted by atomic mass is 10.3. The van der Waals surface area contributed by atoms with E-state index in [4.69, 9.17) is 5.11 Å². The molecule has 15 heavy (non-hydrogen) atoms. The van der Waals surface area contributed by atoms with Crippen molar-refractivity contribution in [3.63, 3.8) is 0 Å². The number of urea groups is 1. The Labute approximate surface area is 89.2 Å². The number of hydrogen-bond acceptors (Lipinski definition) is 3. The predicted octanol–water partition coefficient (Wildman–Crippen LogP) is 0.136. The number of nitrogens with one attached hydrogen (secondary N) is 1. The molecular formula is C9H18N2O4. The topological polar surface area (TPSA) is 78.9 Å². The number of hydrogen-bond donors (Lipinski definition) is 2. The third kappa shape index (κ3) is 4.64. The number of methoxy groups -OCH3 is 1. The van der Waals surface area contributed by atoms with Crippen LogP contribution in [0.25, 0.3) is 0 Å². The summed E-state index contributed by atoms with van der Waals surface area (Å²) in [4.78, 5) is 23.4. The van der Waals surface area contributed by atoms with Crippen molar-refractivity contribution in [1.29, 1.82) is 0 Å². The van der Waals surface area contributed by atoms with Crippen molar-refractivity contribution in [3.05, 3.63) is 0 Å². The van der Waals surface area contributed by atoms with Gasteiger partial charge in [0.05, 0.1) is 6.54 Å². The van der Waals surface area contributed by atoms with Crippen molar-refractivity contribution in [2.45, 2.75) is 26.0 Å². The molecule has 6 nitrogen and oxygen atoms in total. The number of nitrogens with zero attached hydrogens (tertiary/aromatic N) is 1. The molecule has 0 aromatic carbocycles. The highest BCUT2D eigenvalue weighted by Gasteiger charge is 2.19. The third-order valence-corrected chi connectivity index (χ3v) is 2.09. The first-order valence-electron chi connectivity index (χ1n) is 4.66. The monoisotopic (exact) mass is 218 g/mol. The Morgan fingerprint density at radius 2 is 2.00 bits per heavy atom. The zero-order valence-electron chi connectivity index (χ0n) is 9.48. The van der Waals surface area contributed by atoms with E-state index in [2.05, 4.69) is 10.1 Å². The van der Waals surface area contributed by atoms with Crippen LogP contribution in [-0.4, -0.2) is 54.9 Å². The lowest BCUT2D eigenvalue weighted by Crippen LogP contribution is -2.45. The highest BCUT2D eigenvalue weighted by molar-refractivity contribution is 5.76. The molecule has 6 heteroatoms. The molecular weight excluding hydrogens is 200 g/mol. The number of carbonyl (C=O) groups excluding carboxylic acids is 1. The molecule has 0 radical (unpaired) electrons. The standard InChI is InChI=1S/C9H18N2O4/c1-6(2)11(3)9(14)10-5-7(15-4)8(12)13/h6-7H,5H2,1-4H3,(H,10,14)(H,12,13). The molecule has 0 heterocycles. The first kappa shape index (κ1) is 13.7. The van der Waals surface area contributed by atoms with E-state index in [1.54, 1.807) is 7.05 Å². The van der Waals surface area contributed by atoms with Gasteiger partial charge in [-0.3, -0.25) is 0 Å². The van der Waals surface area contributed by atoms with E-state index in [0.29, 0.717) is 0 Å². The van der Waals surface area contributed by atoms with Gasteiger partial charge in [-0.1, -0.05) is 0 Å². The minimum absolute atomic E-state index is 0.0400. The minimum Gasteiger partial charge on any atom is -0.479 e. The molecule has 0 aliphatic carbocycles. The van der Waals surface area contributed by atoms with Crippen molar-refractivity contribution < 1.29 is 19.4 Å². The highest BCUT2D eigenvalue weighted by atomic mass is 16.5. The average molecular weight is 218 g/mol. The molecule has 0 saturated heterocycles. The Morgan fingerprint density at radius 1 is 1.47 bits per heavy atom. The second-order valence-electron chi connectivity index (χ2n) is 3.45. The summed E-state index contributed by atoms with van der Waals surface area (Å²) in [6.07, 6.45) is -1.01. The van der Waals surface area contributed by atoms with E-state index in [1.807, 2.05) is 13.8 Å². The molecule has 0 spiro atoms. The number of carbonyl (C=O) groups is 2. The van der Waals surface area contributed by atoms with Crippen LogP contribution in [0.4, 0.5) is 4.79 Å². The quantitative estimate of drug-likeness (QED) is 0.687. The molecule has 0 fully saturated rings. The molecule has 88 valence electrons. The Morgan fingerprint density at radius 3 is 2.33 bits per heavy atom. The largest absolute Gasteiger partial charge is 0.479 e. The molecule has 0 bridgehead atoms. The van der Waals surface area contributed by atoms with Crippen molar-refractivity contribution >= 4 is 12.0 Å². The van der Waals surface area contributed by atoms with Gasteiger partial charge in [-0.15, -0.1) is 0 Å². The van der Waals surface area contributed by atoms with Crippen molar-refractivity contribution in [2.75, 3.05) is 20.7 Å². The van der Waals surface area contributed by atoms with Crippen LogP contribution in [0.2, 0.25) is 0 Å². The Kier molecular flexibility index (Phi) is 5.69. The van der Waals surface area contributed by atoms with E-state index < -0.39 is 12.1 Å². The number of rotatable bonds is 5. The summed E-state index contributed by atoms with van der Waals surface area (Å²) >= 11 is 0. The summed E-state index contributed by atoms with van der Waals surface area (Å²) < 4.78 is 4.67. The van der Waals surface area contributed by atoms with E-state index in [9.17, 15) is 9.59 Å². The maximum absolute atomic E-state index is 11.4. The molecule has 1 unspecified atom stereocenters. The van der Waals surface area contributed by atoms with Gasteiger partial charge in [-0.25, -0.2) is 9.59 Å². The molecule has 0 rings (SSSR count). The summed E-state index contributed by atoms with van der Waals surface area (Å²) in [5.41, 5.74) is 0. The zero-order valence-corrected chi connectivity index (χ0v) is 9.48. The van der Waals surface area contributed by atoms with Crippen molar-refractivity contribution in [3.8, 4) is 0 Å². The fraction of sp³-hybridized carbons (Fsp3) is 0.778. The van der Waals surface area contributed by atoms with Gasteiger partial charge in [0.25, 0.3) is 0 Å². The number of amides is 2. The Hall–Kier alpha value is -1.30. The SMILES string of the molecule is COC(CNC(=O)N(C)C(C)C)C(=O)O. The van der Waals surface area contributed by atoms with Gasteiger partial charge >= 0.3 is 12.0 Å².